The smallest absolute Gasteiger partial charge is 0.325 e. The van der Waals surface area contributed by atoms with E-state index in [1.807, 2.05) is 26.0 Å². The summed E-state index contributed by atoms with van der Waals surface area (Å²) in [5.41, 5.74) is 1.58. The molecule has 2 aliphatic rings. The fourth-order valence-electron chi connectivity index (χ4n) is 4.53. The topological polar surface area (TPSA) is 79.9 Å². The SMILES string of the molecule is CCOc1ccc(NC(=O)c2cccc(N3C(=O)NC4CC3(C)Oc3ccc(Cl)cc34)c2)cc1. The number of carbonyl (C=O) groups is 2. The van der Waals surface area contributed by atoms with Gasteiger partial charge in [0.1, 0.15) is 11.5 Å². The molecule has 3 aromatic carbocycles. The van der Waals surface area contributed by atoms with E-state index in [-0.39, 0.29) is 18.0 Å². The number of fused-ring (bicyclic) bond motifs is 4. The summed E-state index contributed by atoms with van der Waals surface area (Å²) in [6.45, 7) is 4.37. The number of carbonyl (C=O) groups excluding carboxylic acids is 2. The molecule has 3 amide bonds. The van der Waals surface area contributed by atoms with Gasteiger partial charge in [0, 0.05) is 28.3 Å². The summed E-state index contributed by atoms with van der Waals surface area (Å²) >= 11 is 6.15. The number of urea groups is 1. The van der Waals surface area contributed by atoms with Crippen molar-refractivity contribution in [3.05, 3.63) is 82.9 Å². The van der Waals surface area contributed by atoms with Crippen molar-refractivity contribution in [2.75, 3.05) is 16.8 Å². The Bertz CT molecular complexity index is 1260. The zero-order valence-corrected chi connectivity index (χ0v) is 19.6. The molecule has 1 saturated heterocycles. The van der Waals surface area contributed by atoms with E-state index in [2.05, 4.69) is 10.6 Å². The van der Waals surface area contributed by atoms with Gasteiger partial charge in [-0.15, -0.1) is 0 Å². The fourth-order valence-corrected chi connectivity index (χ4v) is 4.71. The van der Waals surface area contributed by atoms with E-state index >= 15 is 0 Å². The number of halogens is 1. The Morgan fingerprint density at radius 3 is 2.76 bits per heavy atom. The number of amides is 3. The van der Waals surface area contributed by atoms with Crippen molar-refractivity contribution < 1.29 is 19.1 Å². The van der Waals surface area contributed by atoms with Crippen LogP contribution in [-0.2, 0) is 0 Å². The molecule has 2 bridgehead atoms. The van der Waals surface area contributed by atoms with Crippen LogP contribution in [0.1, 0.15) is 42.2 Å². The van der Waals surface area contributed by atoms with Gasteiger partial charge >= 0.3 is 6.03 Å². The van der Waals surface area contributed by atoms with Gasteiger partial charge in [0.2, 0.25) is 0 Å². The molecule has 0 spiro atoms. The number of benzene rings is 3. The minimum atomic E-state index is -0.919. The Labute approximate surface area is 202 Å². The number of ether oxygens (including phenoxy) is 2. The van der Waals surface area contributed by atoms with E-state index in [0.717, 1.165) is 11.3 Å². The zero-order valence-electron chi connectivity index (χ0n) is 18.8. The molecule has 1 fully saturated rings. The van der Waals surface area contributed by atoms with Crippen molar-refractivity contribution in [2.45, 2.75) is 32.0 Å². The summed E-state index contributed by atoms with van der Waals surface area (Å²) in [6.07, 6.45) is 0.536. The van der Waals surface area contributed by atoms with Crippen LogP contribution in [0.2, 0.25) is 5.02 Å². The predicted molar refractivity (Wildman–Crippen MR) is 131 cm³/mol. The molecule has 3 aromatic rings. The molecular formula is C26H24ClN3O4. The lowest BCUT2D eigenvalue weighted by atomic mass is 9.90. The maximum absolute atomic E-state index is 13.2. The lowest BCUT2D eigenvalue weighted by Crippen LogP contribution is -2.65. The number of hydrogen-bond donors (Lipinski definition) is 2. The Kier molecular flexibility index (Phi) is 5.57. The monoisotopic (exact) mass is 477 g/mol. The molecule has 8 heteroatoms. The van der Waals surface area contributed by atoms with E-state index in [1.165, 1.54) is 0 Å². The zero-order chi connectivity index (χ0) is 23.9. The Balaban J connectivity index is 1.40. The molecule has 7 nitrogen and oxygen atoms in total. The number of hydrogen-bond acceptors (Lipinski definition) is 4. The molecule has 5 rings (SSSR count). The average Bonchev–Trinajstić information content (AvgIpc) is 2.81. The van der Waals surface area contributed by atoms with Gasteiger partial charge in [0.05, 0.1) is 18.3 Å². The van der Waals surface area contributed by atoms with Crippen molar-refractivity contribution >= 4 is 34.9 Å². The minimum absolute atomic E-state index is 0.206. The van der Waals surface area contributed by atoms with Gasteiger partial charge in [-0.1, -0.05) is 17.7 Å². The summed E-state index contributed by atoms with van der Waals surface area (Å²) in [6, 6.07) is 19.0. The number of nitrogens with one attached hydrogen (secondary N) is 2. The van der Waals surface area contributed by atoms with Gasteiger partial charge in [-0.2, -0.15) is 0 Å². The first-order valence-electron chi connectivity index (χ1n) is 11.1. The van der Waals surface area contributed by atoms with Crippen LogP contribution in [0.3, 0.4) is 0 Å². The maximum Gasteiger partial charge on any atom is 0.325 e. The number of anilines is 2. The highest BCUT2D eigenvalue weighted by Crippen LogP contribution is 2.46. The van der Waals surface area contributed by atoms with Gasteiger partial charge in [0.15, 0.2) is 5.72 Å². The molecule has 2 aliphatic heterocycles. The standard InChI is InChI=1S/C26H24ClN3O4/c1-3-33-20-10-8-18(9-11-20)28-24(31)16-5-4-6-19(13-16)30-25(32)29-22-15-26(30,2)34-23-12-7-17(27)14-21(22)23/h4-14,22H,3,15H2,1-2H3,(H,28,31)(H,29,32). The number of nitrogens with zero attached hydrogens (tertiary/aromatic N) is 1. The number of rotatable bonds is 5. The minimum Gasteiger partial charge on any atom is -0.494 e. The van der Waals surface area contributed by atoms with Crippen molar-refractivity contribution in [3.63, 3.8) is 0 Å². The second-order valence-electron chi connectivity index (χ2n) is 8.46. The first-order chi connectivity index (χ1) is 16.4. The second-order valence-corrected chi connectivity index (χ2v) is 8.90. The van der Waals surface area contributed by atoms with E-state index in [0.29, 0.717) is 40.7 Å². The summed E-state index contributed by atoms with van der Waals surface area (Å²) in [4.78, 5) is 27.6. The third-order valence-corrected chi connectivity index (χ3v) is 6.26. The first kappa shape index (κ1) is 22.1. The molecule has 2 heterocycles. The third kappa shape index (κ3) is 4.03. The van der Waals surface area contributed by atoms with E-state index in [1.54, 1.807) is 59.5 Å². The first-order valence-corrected chi connectivity index (χ1v) is 11.5. The Morgan fingerprint density at radius 2 is 2.00 bits per heavy atom. The lowest BCUT2D eigenvalue weighted by Gasteiger charge is -2.50. The van der Waals surface area contributed by atoms with Gasteiger partial charge < -0.3 is 20.1 Å². The third-order valence-electron chi connectivity index (χ3n) is 6.02. The van der Waals surface area contributed by atoms with Crippen LogP contribution >= 0.6 is 11.6 Å². The van der Waals surface area contributed by atoms with Gasteiger partial charge in [-0.25, -0.2) is 4.79 Å². The molecule has 0 aliphatic carbocycles. The van der Waals surface area contributed by atoms with Crippen LogP contribution in [0.4, 0.5) is 16.2 Å². The fraction of sp³-hybridized carbons (Fsp3) is 0.231. The van der Waals surface area contributed by atoms with Crippen LogP contribution < -0.4 is 25.0 Å². The van der Waals surface area contributed by atoms with Gasteiger partial charge in [-0.3, -0.25) is 9.69 Å². The summed E-state index contributed by atoms with van der Waals surface area (Å²) in [5, 5.41) is 6.52. The molecule has 174 valence electrons. The highest BCUT2D eigenvalue weighted by atomic mass is 35.5. The summed E-state index contributed by atoms with van der Waals surface area (Å²) in [7, 11) is 0. The summed E-state index contributed by atoms with van der Waals surface area (Å²) in [5.74, 6) is 1.13. The lowest BCUT2D eigenvalue weighted by molar-refractivity contribution is 0.0378. The molecule has 2 unspecified atom stereocenters. The van der Waals surface area contributed by atoms with Crippen molar-refractivity contribution in [3.8, 4) is 11.5 Å². The van der Waals surface area contributed by atoms with E-state index in [4.69, 9.17) is 21.1 Å². The van der Waals surface area contributed by atoms with Crippen LogP contribution in [-0.4, -0.2) is 24.3 Å². The van der Waals surface area contributed by atoms with E-state index in [9.17, 15) is 9.59 Å². The van der Waals surface area contributed by atoms with Crippen molar-refractivity contribution in [1.29, 1.82) is 0 Å². The predicted octanol–water partition coefficient (Wildman–Crippen LogP) is 5.76. The Morgan fingerprint density at radius 1 is 1.21 bits per heavy atom. The van der Waals surface area contributed by atoms with Crippen molar-refractivity contribution in [1.82, 2.24) is 5.32 Å². The highest BCUT2D eigenvalue weighted by molar-refractivity contribution is 6.30. The van der Waals surface area contributed by atoms with Crippen molar-refractivity contribution in [2.24, 2.45) is 0 Å². The van der Waals surface area contributed by atoms with Crippen LogP contribution in [0.5, 0.6) is 11.5 Å². The average molecular weight is 478 g/mol. The molecule has 0 saturated carbocycles. The molecule has 0 radical (unpaired) electrons. The van der Waals surface area contributed by atoms with Crippen LogP contribution in [0.15, 0.2) is 66.7 Å². The van der Waals surface area contributed by atoms with Gasteiger partial charge in [-0.05, 0) is 74.5 Å². The molecular weight excluding hydrogens is 454 g/mol. The molecule has 2 N–H and O–H groups in total. The largest absolute Gasteiger partial charge is 0.494 e. The second kappa shape index (κ2) is 8.57. The molecule has 2 atom stereocenters. The maximum atomic E-state index is 13.2. The Hall–Kier alpha value is -3.71. The summed E-state index contributed by atoms with van der Waals surface area (Å²) < 4.78 is 11.7. The van der Waals surface area contributed by atoms with Crippen LogP contribution in [0, 0.1) is 0 Å². The highest BCUT2D eigenvalue weighted by Gasteiger charge is 2.50. The molecule has 34 heavy (non-hydrogen) atoms. The van der Waals surface area contributed by atoms with E-state index < -0.39 is 5.72 Å². The van der Waals surface area contributed by atoms with Gasteiger partial charge in [0.25, 0.3) is 5.91 Å². The quantitative estimate of drug-likeness (QED) is 0.489. The molecule has 0 aromatic heterocycles. The van der Waals surface area contributed by atoms with Crippen LogP contribution in [0.25, 0.3) is 0 Å². The normalized spacial score (nSPS) is 20.6.